The summed E-state index contributed by atoms with van der Waals surface area (Å²) >= 11 is 0. The molecule has 9 heteroatoms. The molecule has 0 aliphatic carbocycles. The number of methoxy groups -OCH3 is 2. The lowest BCUT2D eigenvalue weighted by Gasteiger charge is -2.03. The van der Waals surface area contributed by atoms with Crippen LogP contribution in [-0.4, -0.2) is 40.2 Å². The second-order valence-corrected chi connectivity index (χ2v) is 6.01. The summed E-state index contributed by atoms with van der Waals surface area (Å²) < 4.78 is 10.9. The van der Waals surface area contributed by atoms with Crippen molar-refractivity contribution in [2.24, 2.45) is 5.10 Å². The molecule has 4 rings (SSSR count). The highest BCUT2D eigenvalue weighted by Crippen LogP contribution is 2.26. The number of nitrogens with one attached hydrogen (secondary N) is 2. The monoisotopic (exact) mass is 380 g/mol. The summed E-state index contributed by atoms with van der Waals surface area (Å²) in [6, 6.07) is 9.85. The largest absolute Gasteiger partial charge is 0.504 e. The number of hydrogen-bond acceptors (Lipinski definition) is 6. The molecule has 0 amide bonds. The fourth-order valence-corrected chi connectivity index (χ4v) is 2.96. The Morgan fingerprint density at radius 1 is 1.04 bits per heavy atom. The molecule has 28 heavy (non-hydrogen) atoms. The molecule has 0 saturated carbocycles. The molecule has 9 nitrogen and oxygen atoms in total. The Labute approximate surface area is 157 Å². The summed E-state index contributed by atoms with van der Waals surface area (Å²) in [5.41, 5.74) is 0.504. The lowest BCUT2D eigenvalue weighted by molar-refractivity contribution is 0.373. The molecule has 4 aromatic rings. The van der Waals surface area contributed by atoms with Gasteiger partial charge in [0.05, 0.1) is 26.0 Å². The van der Waals surface area contributed by atoms with Gasteiger partial charge in [0.2, 0.25) is 0 Å². The second-order valence-electron chi connectivity index (χ2n) is 6.01. The first-order valence-electron chi connectivity index (χ1n) is 8.28. The molecule has 0 unspecified atom stereocenters. The number of aromatic amines is 2. The lowest BCUT2D eigenvalue weighted by atomic mass is 10.2. The SMILES string of the molecule is COc1ccc2[nH]c3c(=O)n(N=Cc4ccc(OC)c(O)c4)c(=O)[nH]c3c2c1. The number of H-pyrrole nitrogens is 2. The van der Waals surface area contributed by atoms with Gasteiger partial charge in [-0.2, -0.15) is 5.10 Å². The van der Waals surface area contributed by atoms with Crippen LogP contribution in [0.5, 0.6) is 17.2 Å². The van der Waals surface area contributed by atoms with Crippen molar-refractivity contribution in [2.75, 3.05) is 14.2 Å². The molecule has 0 aliphatic heterocycles. The lowest BCUT2D eigenvalue weighted by Crippen LogP contribution is -2.32. The Balaban J connectivity index is 1.84. The summed E-state index contributed by atoms with van der Waals surface area (Å²) in [4.78, 5) is 30.9. The minimum Gasteiger partial charge on any atom is -0.504 e. The minimum atomic E-state index is -0.685. The number of phenols is 1. The van der Waals surface area contributed by atoms with Gasteiger partial charge in [0, 0.05) is 10.9 Å². The molecular formula is C19H16N4O5. The van der Waals surface area contributed by atoms with Gasteiger partial charge in [-0.05, 0) is 42.0 Å². The van der Waals surface area contributed by atoms with E-state index in [9.17, 15) is 14.7 Å². The molecule has 0 saturated heterocycles. The highest BCUT2D eigenvalue weighted by atomic mass is 16.5. The maximum absolute atomic E-state index is 12.8. The van der Waals surface area contributed by atoms with Crippen molar-refractivity contribution in [1.29, 1.82) is 0 Å². The average Bonchev–Trinajstić information content (AvgIpc) is 3.06. The number of phenolic OH excluding ortho intramolecular Hbond substituents is 1. The van der Waals surface area contributed by atoms with Crippen molar-refractivity contribution < 1.29 is 14.6 Å². The zero-order chi connectivity index (χ0) is 19.8. The van der Waals surface area contributed by atoms with Crippen molar-refractivity contribution in [3.63, 3.8) is 0 Å². The van der Waals surface area contributed by atoms with Gasteiger partial charge in [-0.3, -0.25) is 4.79 Å². The van der Waals surface area contributed by atoms with E-state index in [4.69, 9.17) is 9.47 Å². The van der Waals surface area contributed by atoms with Crippen LogP contribution in [0, 0.1) is 0 Å². The molecule has 0 fully saturated rings. The number of rotatable bonds is 4. The van der Waals surface area contributed by atoms with Crippen molar-refractivity contribution in [3.8, 4) is 17.2 Å². The summed E-state index contributed by atoms with van der Waals surface area (Å²) in [5.74, 6) is 0.838. The third kappa shape index (κ3) is 2.78. The molecule has 0 radical (unpaired) electrons. The fourth-order valence-electron chi connectivity index (χ4n) is 2.96. The zero-order valence-electron chi connectivity index (χ0n) is 15.0. The Kier molecular flexibility index (Phi) is 4.11. The third-order valence-electron chi connectivity index (χ3n) is 4.36. The van der Waals surface area contributed by atoms with Gasteiger partial charge in [-0.25, -0.2) is 4.79 Å². The van der Waals surface area contributed by atoms with Crippen LogP contribution in [0.3, 0.4) is 0 Å². The van der Waals surface area contributed by atoms with Crippen LogP contribution in [0.2, 0.25) is 0 Å². The maximum Gasteiger partial charge on any atom is 0.350 e. The molecular weight excluding hydrogens is 364 g/mol. The van der Waals surface area contributed by atoms with Crippen LogP contribution < -0.4 is 20.7 Å². The van der Waals surface area contributed by atoms with E-state index in [0.717, 1.165) is 4.68 Å². The van der Waals surface area contributed by atoms with E-state index >= 15 is 0 Å². The predicted molar refractivity (Wildman–Crippen MR) is 105 cm³/mol. The summed E-state index contributed by atoms with van der Waals surface area (Å²) in [6.07, 6.45) is 1.30. The van der Waals surface area contributed by atoms with Gasteiger partial charge in [-0.1, -0.05) is 0 Å². The smallest absolute Gasteiger partial charge is 0.350 e. The molecule has 0 aliphatic rings. The number of nitrogens with zero attached hydrogens (tertiary/aromatic N) is 2. The Hall–Kier alpha value is -4.01. The normalized spacial score (nSPS) is 11.5. The molecule has 0 bridgehead atoms. The van der Waals surface area contributed by atoms with Crippen molar-refractivity contribution in [3.05, 3.63) is 62.8 Å². The third-order valence-corrected chi connectivity index (χ3v) is 4.36. The number of aromatic nitrogens is 3. The summed E-state index contributed by atoms with van der Waals surface area (Å²) in [6.45, 7) is 0. The molecule has 142 valence electrons. The van der Waals surface area contributed by atoms with E-state index in [1.165, 1.54) is 26.5 Å². The van der Waals surface area contributed by atoms with Gasteiger partial charge in [-0.15, -0.1) is 4.68 Å². The van der Waals surface area contributed by atoms with E-state index in [1.54, 1.807) is 30.3 Å². The number of ether oxygens (including phenoxy) is 2. The van der Waals surface area contributed by atoms with Crippen LogP contribution in [-0.2, 0) is 0 Å². The Bertz CT molecular complexity index is 1350. The van der Waals surface area contributed by atoms with Crippen molar-refractivity contribution >= 4 is 28.2 Å². The molecule has 3 N–H and O–H groups in total. The van der Waals surface area contributed by atoms with Crippen LogP contribution in [0.15, 0.2) is 51.1 Å². The number of benzene rings is 2. The average molecular weight is 380 g/mol. The van der Waals surface area contributed by atoms with E-state index in [2.05, 4.69) is 15.1 Å². The number of hydrogen-bond donors (Lipinski definition) is 3. The van der Waals surface area contributed by atoms with E-state index in [-0.39, 0.29) is 11.3 Å². The first-order chi connectivity index (χ1) is 13.5. The first kappa shape index (κ1) is 17.4. The van der Waals surface area contributed by atoms with E-state index < -0.39 is 11.2 Å². The fraction of sp³-hybridized carbons (Fsp3) is 0.105. The summed E-state index contributed by atoms with van der Waals surface area (Å²) in [7, 11) is 2.98. The van der Waals surface area contributed by atoms with Gasteiger partial charge in [0.1, 0.15) is 11.3 Å². The van der Waals surface area contributed by atoms with E-state index in [0.29, 0.717) is 33.5 Å². The highest BCUT2D eigenvalue weighted by molar-refractivity contribution is 6.04. The van der Waals surface area contributed by atoms with Gasteiger partial charge >= 0.3 is 11.2 Å². The second kappa shape index (κ2) is 6.62. The minimum absolute atomic E-state index is 0.0762. The van der Waals surface area contributed by atoms with Crippen LogP contribution in [0.4, 0.5) is 0 Å². The number of fused-ring (bicyclic) bond motifs is 3. The molecule has 0 atom stereocenters. The van der Waals surface area contributed by atoms with Crippen molar-refractivity contribution in [2.45, 2.75) is 0 Å². The highest BCUT2D eigenvalue weighted by Gasteiger charge is 2.13. The molecule has 2 aromatic heterocycles. The summed E-state index contributed by atoms with van der Waals surface area (Å²) in [5, 5.41) is 14.5. The van der Waals surface area contributed by atoms with Crippen LogP contribution in [0.25, 0.3) is 21.9 Å². The Morgan fingerprint density at radius 2 is 1.86 bits per heavy atom. The zero-order valence-corrected chi connectivity index (χ0v) is 15.0. The van der Waals surface area contributed by atoms with E-state index in [1.807, 2.05) is 0 Å². The first-order valence-corrected chi connectivity index (χ1v) is 8.28. The van der Waals surface area contributed by atoms with Gasteiger partial charge in [0.15, 0.2) is 11.5 Å². The predicted octanol–water partition coefficient (Wildman–Crippen LogP) is 1.78. The topological polar surface area (TPSA) is 122 Å². The van der Waals surface area contributed by atoms with Crippen LogP contribution in [0.1, 0.15) is 5.56 Å². The standard InChI is InChI=1S/C19H16N4O5/c1-27-11-4-5-13-12(8-11)16-17(21-13)18(25)23(19(26)22-16)20-9-10-3-6-15(28-2)14(24)7-10/h3-9,21,24H,1-2H3,(H,22,26). The van der Waals surface area contributed by atoms with Gasteiger partial charge < -0.3 is 24.5 Å². The molecule has 2 heterocycles. The maximum atomic E-state index is 12.8. The molecule has 2 aromatic carbocycles. The van der Waals surface area contributed by atoms with Crippen LogP contribution >= 0.6 is 0 Å². The van der Waals surface area contributed by atoms with Crippen molar-refractivity contribution in [1.82, 2.24) is 14.6 Å². The quantitative estimate of drug-likeness (QED) is 0.466. The van der Waals surface area contributed by atoms with Gasteiger partial charge in [0.25, 0.3) is 0 Å². The number of aromatic hydroxyl groups is 1. The Morgan fingerprint density at radius 3 is 2.57 bits per heavy atom. The molecule has 0 spiro atoms.